The van der Waals surface area contributed by atoms with E-state index in [1.165, 1.54) is 26.4 Å². The number of anilines is 1. The average molecular weight is 461 g/mol. The van der Waals surface area contributed by atoms with E-state index in [1.807, 2.05) is 12.1 Å². The summed E-state index contributed by atoms with van der Waals surface area (Å²) >= 11 is 0. The Morgan fingerprint density at radius 1 is 0.794 bits per heavy atom. The van der Waals surface area contributed by atoms with Crippen molar-refractivity contribution in [3.8, 4) is 11.5 Å². The van der Waals surface area contributed by atoms with Crippen molar-refractivity contribution in [1.29, 1.82) is 0 Å². The first-order valence-electron chi connectivity index (χ1n) is 11.2. The summed E-state index contributed by atoms with van der Waals surface area (Å²) in [4.78, 5) is 31.2. The second kappa shape index (κ2) is 8.91. The molecule has 2 aliphatic rings. The number of carbonyl (C=O) groups is 2. The van der Waals surface area contributed by atoms with Crippen LogP contribution < -0.4 is 14.4 Å². The predicted molar refractivity (Wildman–Crippen MR) is 127 cm³/mol. The van der Waals surface area contributed by atoms with Crippen molar-refractivity contribution in [1.82, 2.24) is 4.90 Å². The third kappa shape index (κ3) is 3.82. The highest BCUT2D eigenvalue weighted by atomic mass is 19.1. The van der Waals surface area contributed by atoms with Crippen LogP contribution in [0.2, 0.25) is 0 Å². The van der Waals surface area contributed by atoms with Crippen molar-refractivity contribution in [3.63, 3.8) is 0 Å². The Hall–Kier alpha value is -3.71. The van der Waals surface area contributed by atoms with Crippen LogP contribution in [-0.2, 0) is 6.54 Å². The van der Waals surface area contributed by atoms with Crippen LogP contribution in [0.4, 0.5) is 10.1 Å². The minimum atomic E-state index is -0.265. The lowest BCUT2D eigenvalue weighted by atomic mass is 9.82. The second-order valence-corrected chi connectivity index (χ2v) is 8.50. The minimum Gasteiger partial charge on any atom is -0.496 e. The molecule has 0 spiro atoms. The zero-order chi connectivity index (χ0) is 23.8. The largest absolute Gasteiger partial charge is 0.496 e. The number of ether oxygens (including phenoxy) is 2. The standard InChI is InChI=1S/C27H25FN2O4/c1-33-22-5-3-4-20-24(22)27(32)25-21(26(20)31)14-17(15-23(25)34-2)16-29-10-12-30(13-11-29)19-8-6-18(28)7-9-19/h3-9,14-15H,10-13,16H2,1-2H3. The lowest BCUT2D eigenvalue weighted by Gasteiger charge is -2.36. The van der Waals surface area contributed by atoms with Gasteiger partial charge in [0.05, 0.1) is 25.3 Å². The molecule has 7 heteroatoms. The Morgan fingerprint density at radius 3 is 2.15 bits per heavy atom. The molecule has 1 aliphatic carbocycles. The molecule has 3 aromatic rings. The lowest BCUT2D eigenvalue weighted by Crippen LogP contribution is -2.46. The summed E-state index contributed by atoms with van der Waals surface area (Å²) in [6.45, 7) is 3.91. The number of ketones is 2. The molecule has 1 aliphatic heterocycles. The van der Waals surface area contributed by atoms with Gasteiger partial charge in [-0.25, -0.2) is 4.39 Å². The molecule has 5 rings (SSSR count). The van der Waals surface area contributed by atoms with E-state index < -0.39 is 0 Å². The molecule has 1 saturated heterocycles. The Labute approximate surface area is 197 Å². The van der Waals surface area contributed by atoms with Crippen molar-refractivity contribution in [2.45, 2.75) is 6.54 Å². The first kappa shape index (κ1) is 22.1. The highest BCUT2D eigenvalue weighted by Gasteiger charge is 2.35. The number of hydrogen-bond acceptors (Lipinski definition) is 6. The van der Waals surface area contributed by atoms with E-state index >= 15 is 0 Å². The van der Waals surface area contributed by atoms with Crippen LogP contribution in [0, 0.1) is 5.82 Å². The molecule has 0 aromatic heterocycles. The monoisotopic (exact) mass is 460 g/mol. The highest BCUT2D eigenvalue weighted by molar-refractivity contribution is 6.30. The van der Waals surface area contributed by atoms with Crippen LogP contribution >= 0.6 is 0 Å². The van der Waals surface area contributed by atoms with Gasteiger partial charge in [0.25, 0.3) is 0 Å². The fourth-order valence-corrected chi connectivity index (χ4v) is 4.81. The molecule has 0 bridgehead atoms. The molecular formula is C27H25FN2O4. The Bertz CT molecular complexity index is 1260. The van der Waals surface area contributed by atoms with Crippen molar-refractivity contribution >= 4 is 17.3 Å². The number of nitrogens with zero attached hydrogens (tertiary/aromatic N) is 2. The zero-order valence-corrected chi connectivity index (χ0v) is 19.1. The van der Waals surface area contributed by atoms with Crippen LogP contribution in [0.5, 0.6) is 11.5 Å². The topological polar surface area (TPSA) is 59.1 Å². The van der Waals surface area contributed by atoms with Gasteiger partial charge in [0.1, 0.15) is 17.3 Å². The van der Waals surface area contributed by atoms with Crippen molar-refractivity contribution in [2.24, 2.45) is 0 Å². The quantitative estimate of drug-likeness (QED) is 0.450. The van der Waals surface area contributed by atoms with Gasteiger partial charge in [-0.1, -0.05) is 12.1 Å². The molecule has 174 valence electrons. The summed E-state index contributed by atoms with van der Waals surface area (Å²) in [6.07, 6.45) is 0. The predicted octanol–water partition coefficient (Wildman–Crippen LogP) is 3.94. The molecule has 0 unspecified atom stereocenters. The maximum atomic E-state index is 13.4. The number of benzene rings is 3. The van der Waals surface area contributed by atoms with E-state index in [4.69, 9.17) is 9.47 Å². The zero-order valence-electron chi connectivity index (χ0n) is 19.1. The van der Waals surface area contributed by atoms with E-state index in [0.29, 0.717) is 29.2 Å². The van der Waals surface area contributed by atoms with Crippen LogP contribution in [0.3, 0.4) is 0 Å². The maximum Gasteiger partial charge on any atom is 0.201 e. The van der Waals surface area contributed by atoms with Gasteiger partial charge in [-0.15, -0.1) is 0 Å². The maximum absolute atomic E-state index is 13.4. The van der Waals surface area contributed by atoms with Gasteiger partial charge >= 0.3 is 0 Å². The summed E-state index contributed by atoms with van der Waals surface area (Å²) in [5, 5.41) is 0. The Kier molecular flexibility index (Phi) is 5.79. The van der Waals surface area contributed by atoms with Crippen molar-refractivity contribution in [3.05, 3.63) is 88.2 Å². The van der Waals surface area contributed by atoms with E-state index in [2.05, 4.69) is 9.80 Å². The lowest BCUT2D eigenvalue weighted by molar-refractivity contribution is 0.0973. The van der Waals surface area contributed by atoms with Crippen LogP contribution in [0.25, 0.3) is 0 Å². The third-order valence-electron chi connectivity index (χ3n) is 6.54. The van der Waals surface area contributed by atoms with Crippen LogP contribution in [0.1, 0.15) is 37.4 Å². The van der Waals surface area contributed by atoms with Crippen molar-refractivity contribution < 1.29 is 23.5 Å². The van der Waals surface area contributed by atoms with E-state index in [9.17, 15) is 14.0 Å². The van der Waals surface area contributed by atoms with Gasteiger partial charge in [0.2, 0.25) is 5.78 Å². The third-order valence-corrected chi connectivity index (χ3v) is 6.54. The summed E-state index contributed by atoms with van der Waals surface area (Å²) in [5.74, 6) is 0.0694. The first-order chi connectivity index (χ1) is 16.5. The van der Waals surface area contributed by atoms with Gasteiger partial charge in [-0.2, -0.15) is 0 Å². The number of carbonyl (C=O) groups excluding carboxylic acids is 2. The number of piperazine rings is 1. The molecule has 34 heavy (non-hydrogen) atoms. The summed E-state index contributed by atoms with van der Waals surface area (Å²) in [7, 11) is 3.00. The SMILES string of the molecule is COc1cccc2c1C(=O)c1c(OC)cc(CN3CCN(c4ccc(F)cc4)CC3)cc1C2=O. The second-order valence-electron chi connectivity index (χ2n) is 8.50. The number of methoxy groups -OCH3 is 2. The van der Waals surface area contributed by atoms with Gasteiger partial charge in [-0.05, 0) is 48.0 Å². The highest BCUT2D eigenvalue weighted by Crippen LogP contribution is 2.38. The fraction of sp³-hybridized carbons (Fsp3) is 0.259. The average Bonchev–Trinajstić information content (AvgIpc) is 2.87. The van der Waals surface area contributed by atoms with E-state index in [-0.39, 0.29) is 28.5 Å². The smallest absolute Gasteiger partial charge is 0.201 e. The van der Waals surface area contributed by atoms with Crippen molar-refractivity contribution in [2.75, 3.05) is 45.3 Å². The summed E-state index contributed by atoms with van der Waals surface area (Å²) in [6, 6.07) is 15.3. The first-order valence-corrected chi connectivity index (χ1v) is 11.2. The molecule has 0 atom stereocenters. The van der Waals surface area contributed by atoms with Crippen LogP contribution in [-0.4, -0.2) is 56.9 Å². The molecular weight excluding hydrogens is 435 g/mol. The minimum absolute atomic E-state index is 0.204. The molecule has 1 heterocycles. The number of fused-ring (bicyclic) bond motifs is 2. The summed E-state index contributed by atoms with van der Waals surface area (Å²) < 4.78 is 24.1. The molecule has 0 N–H and O–H groups in total. The molecule has 3 aromatic carbocycles. The van der Waals surface area contributed by atoms with E-state index in [1.54, 1.807) is 30.3 Å². The Balaban J connectivity index is 1.38. The Morgan fingerprint density at radius 2 is 1.47 bits per heavy atom. The van der Waals surface area contributed by atoms with E-state index in [0.717, 1.165) is 37.4 Å². The fourth-order valence-electron chi connectivity index (χ4n) is 4.81. The van der Waals surface area contributed by atoms with Gasteiger partial charge in [-0.3, -0.25) is 14.5 Å². The normalized spacial score (nSPS) is 15.7. The van der Waals surface area contributed by atoms with Gasteiger partial charge in [0.15, 0.2) is 5.78 Å². The molecule has 6 nitrogen and oxygen atoms in total. The molecule has 0 amide bonds. The van der Waals surface area contributed by atoms with Crippen LogP contribution in [0.15, 0.2) is 54.6 Å². The van der Waals surface area contributed by atoms with Gasteiger partial charge < -0.3 is 14.4 Å². The molecule has 0 radical (unpaired) electrons. The van der Waals surface area contributed by atoms with Gasteiger partial charge in [0, 0.05) is 49.5 Å². The number of halogens is 1. The molecule has 1 fully saturated rings. The summed E-state index contributed by atoms with van der Waals surface area (Å²) in [5.41, 5.74) is 3.21. The molecule has 0 saturated carbocycles. The number of hydrogen-bond donors (Lipinski definition) is 0. The number of rotatable bonds is 5.